The van der Waals surface area contributed by atoms with Gasteiger partial charge in [0.25, 0.3) is 0 Å². The Morgan fingerprint density at radius 3 is 1.65 bits per heavy atom. The molecule has 0 atom stereocenters. The van der Waals surface area contributed by atoms with Crippen LogP contribution in [-0.2, 0) is 0 Å². The number of benzene rings is 8. The summed E-state index contributed by atoms with van der Waals surface area (Å²) in [4.78, 5) is 18.5. The summed E-state index contributed by atoms with van der Waals surface area (Å²) in [5.41, 5.74) is 13.2. The second kappa shape index (κ2) is 13.5. The standard InChI is InChI=1S/C50H33ClN4/c1-31-26-40-28-37(38-23-25-44-43-12-5-6-13-46(43)52-47(44)30-38)22-24-42(40)45(27-31)34-16-20-36(21-17-34)49-53-48(54-50(55-49)39-10-7-11-41(51)29-39)35-18-14-33(15-19-35)32-8-3-2-4-9-32/h2-30,52H,1H3. The highest BCUT2D eigenvalue weighted by Gasteiger charge is 2.15. The predicted octanol–water partition coefficient (Wildman–Crippen LogP) is 13.6. The van der Waals surface area contributed by atoms with E-state index < -0.39 is 0 Å². The Kier molecular flexibility index (Phi) is 8.05. The molecule has 0 bridgehead atoms. The van der Waals surface area contributed by atoms with Gasteiger partial charge in [-0.3, -0.25) is 0 Å². The molecule has 0 amide bonds. The number of hydrogen-bond donors (Lipinski definition) is 1. The average molecular weight is 725 g/mol. The first-order chi connectivity index (χ1) is 27.0. The van der Waals surface area contributed by atoms with Gasteiger partial charge < -0.3 is 4.98 Å². The van der Waals surface area contributed by atoms with Crippen LogP contribution in [0.4, 0.5) is 0 Å². The summed E-state index contributed by atoms with van der Waals surface area (Å²) < 4.78 is 0. The van der Waals surface area contributed by atoms with E-state index in [9.17, 15) is 0 Å². The molecule has 0 aliphatic rings. The third-order valence-corrected chi connectivity index (χ3v) is 10.6. The Morgan fingerprint density at radius 1 is 0.382 bits per heavy atom. The zero-order chi connectivity index (χ0) is 36.9. The van der Waals surface area contributed by atoms with Crippen LogP contribution in [0.15, 0.2) is 176 Å². The number of H-pyrrole nitrogens is 1. The van der Waals surface area contributed by atoms with Crippen LogP contribution in [-0.4, -0.2) is 19.9 Å². The van der Waals surface area contributed by atoms with Crippen molar-refractivity contribution < 1.29 is 0 Å². The molecule has 1 N–H and O–H groups in total. The van der Waals surface area contributed by atoms with Crippen LogP contribution >= 0.6 is 11.6 Å². The second-order valence-electron chi connectivity index (χ2n) is 14.0. The maximum atomic E-state index is 6.41. The highest BCUT2D eigenvalue weighted by molar-refractivity contribution is 6.30. The van der Waals surface area contributed by atoms with E-state index in [1.54, 1.807) is 0 Å². The number of hydrogen-bond acceptors (Lipinski definition) is 3. The minimum atomic E-state index is 0.572. The number of rotatable bonds is 6. The molecule has 260 valence electrons. The van der Waals surface area contributed by atoms with Gasteiger partial charge in [0.15, 0.2) is 17.5 Å². The maximum absolute atomic E-state index is 6.41. The normalized spacial score (nSPS) is 11.5. The van der Waals surface area contributed by atoms with E-state index in [2.05, 4.69) is 158 Å². The molecular formula is C50H33ClN4. The van der Waals surface area contributed by atoms with Gasteiger partial charge in [-0.15, -0.1) is 0 Å². The number of fused-ring (bicyclic) bond motifs is 4. The van der Waals surface area contributed by atoms with Gasteiger partial charge in [-0.05, 0) is 87.0 Å². The number of nitrogens with one attached hydrogen (secondary N) is 1. The van der Waals surface area contributed by atoms with Gasteiger partial charge in [-0.2, -0.15) is 0 Å². The number of halogens is 1. The van der Waals surface area contributed by atoms with E-state index in [-0.39, 0.29) is 0 Å². The van der Waals surface area contributed by atoms with Crippen molar-refractivity contribution in [2.75, 3.05) is 0 Å². The number of aromatic nitrogens is 4. The van der Waals surface area contributed by atoms with Gasteiger partial charge in [0.05, 0.1) is 0 Å². The molecule has 2 heterocycles. The summed E-state index contributed by atoms with van der Waals surface area (Å²) in [6, 6.07) is 61.4. The Labute approximate surface area is 323 Å². The van der Waals surface area contributed by atoms with E-state index in [1.165, 1.54) is 43.8 Å². The molecule has 0 radical (unpaired) electrons. The Hall–Kier alpha value is -6.88. The molecular weight excluding hydrogens is 692 g/mol. The molecule has 4 nitrogen and oxygen atoms in total. The summed E-state index contributed by atoms with van der Waals surface area (Å²) in [5.74, 6) is 1.78. The smallest absolute Gasteiger partial charge is 0.164 e. The largest absolute Gasteiger partial charge is 0.354 e. The zero-order valence-corrected chi connectivity index (χ0v) is 30.7. The molecule has 2 aromatic heterocycles. The van der Waals surface area contributed by atoms with Crippen LogP contribution in [0.3, 0.4) is 0 Å². The van der Waals surface area contributed by atoms with Crippen molar-refractivity contribution >= 4 is 44.2 Å². The summed E-state index contributed by atoms with van der Waals surface area (Å²) in [6.07, 6.45) is 0. The lowest BCUT2D eigenvalue weighted by Gasteiger charge is -2.12. The quantitative estimate of drug-likeness (QED) is 0.186. The van der Waals surface area contributed by atoms with E-state index in [4.69, 9.17) is 26.6 Å². The van der Waals surface area contributed by atoms with E-state index in [0.717, 1.165) is 44.4 Å². The van der Waals surface area contributed by atoms with Gasteiger partial charge in [0, 0.05) is 43.5 Å². The first-order valence-corrected chi connectivity index (χ1v) is 18.7. The SMILES string of the molecule is Cc1cc(-c2ccc(-c3nc(-c4ccc(-c5ccccc5)cc4)nc(-c4cccc(Cl)c4)n3)cc2)c2ccc(-c3ccc4c(c3)[nH]c3ccccc34)cc2c1. The van der Waals surface area contributed by atoms with Gasteiger partial charge in [-0.1, -0.05) is 157 Å². The van der Waals surface area contributed by atoms with E-state index in [1.807, 2.05) is 30.3 Å². The molecule has 0 saturated heterocycles. The fourth-order valence-electron chi connectivity index (χ4n) is 7.60. The van der Waals surface area contributed by atoms with Crippen molar-refractivity contribution in [3.05, 3.63) is 187 Å². The molecule has 10 rings (SSSR count). The van der Waals surface area contributed by atoms with Crippen LogP contribution in [0.1, 0.15) is 5.56 Å². The summed E-state index contributed by atoms with van der Waals surface area (Å²) in [7, 11) is 0. The topological polar surface area (TPSA) is 54.5 Å². The van der Waals surface area contributed by atoms with Crippen LogP contribution in [0.25, 0.3) is 100 Å². The van der Waals surface area contributed by atoms with Crippen LogP contribution in [0.2, 0.25) is 5.02 Å². The minimum absolute atomic E-state index is 0.572. The zero-order valence-electron chi connectivity index (χ0n) is 30.0. The summed E-state index contributed by atoms with van der Waals surface area (Å²) in [6.45, 7) is 2.16. The lowest BCUT2D eigenvalue weighted by atomic mass is 9.93. The molecule has 0 saturated carbocycles. The monoisotopic (exact) mass is 724 g/mol. The Balaban J connectivity index is 1.01. The highest BCUT2D eigenvalue weighted by Crippen LogP contribution is 2.36. The van der Waals surface area contributed by atoms with Crippen LogP contribution in [0.5, 0.6) is 0 Å². The van der Waals surface area contributed by atoms with E-state index >= 15 is 0 Å². The predicted molar refractivity (Wildman–Crippen MR) is 229 cm³/mol. The number of aryl methyl sites for hydroxylation is 1. The van der Waals surface area contributed by atoms with Crippen LogP contribution < -0.4 is 0 Å². The molecule has 0 unspecified atom stereocenters. The molecule has 0 aliphatic heterocycles. The Bertz CT molecular complexity index is 3040. The number of para-hydroxylation sites is 1. The van der Waals surface area contributed by atoms with Crippen molar-refractivity contribution in [3.63, 3.8) is 0 Å². The van der Waals surface area contributed by atoms with Gasteiger partial charge in [0.1, 0.15) is 0 Å². The third-order valence-electron chi connectivity index (χ3n) is 10.4. The summed E-state index contributed by atoms with van der Waals surface area (Å²) >= 11 is 6.41. The fourth-order valence-corrected chi connectivity index (χ4v) is 7.79. The van der Waals surface area contributed by atoms with Gasteiger partial charge in [0.2, 0.25) is 0 Å². The van der Waals surface area contributed by atoms with Crippen molar-refractivity contribution in [3.8, 4) is 67.5 Å². The van der Waals surface area contributed by atoms with Crippen molar-refractivity contribution in [2.45, 2.75) is 6.92 Å². The van der Waals surface area contributed by atoms with E-state index in [0.29, 0.717) is 22.5 Å². The van der Waals surface area contributed by atoms with Gasteiger partial charge >= 0.3 is 0 Å². The lowest BCUT2D eigenvalue weighted by molar-refractivity contribution is 1.07. The molecule has 0 aliphatic carbocycles. The lowest BCUT2D eigenvalue weighted by Crippen LogP contribution is -2.00. The number of aromatic amines is 1. The van der Waals surface area contributed by atoms with Gasteiger partial charge in [-0.25, -0.2) is 15.0 Å². The maximum Gasteiger partial charge on any atom is 0.164 e. The molecule has 5 heteroatoms. The molecule has 0 spiro atoms. The molecule has 8 aromatic carbocycles. The average Bonchev–Trinajstić information content (AvgIpc) is 3.61. The molecule has 0 fully saturated rings. The minimum Gasteiger partial charge on any atom is -0.354 e. The third kappa shape index (κ3) is 6.23. The first kappa shape index (κ1) is 32.7. The first-order valence-electron chi connectivity index (χ1n) is 18.4. The molecule has 55 heavy (non-hydrogen) atoms. The fraction of sp³-hybridized carbons (Fsp3) is 0.0200. The number of nitrogens with zero attached hydrogens (tertiary/aromatic N) is 3. The second-order valence-corrected chi connectivity index (χ2v) is 14.5. The van der Waals surface area contributed by atoms with Crippen molar-refractivity contribution in [2.24, 2.45) is 0 Å². The Morgan fingerprint density at radius 2 is 0.927 bits per heavy atom. The highest BCUT2D eigenvalue weighted by atomic mass is 35.5. The summed E-state index contributed by atoms with van der Waals surface area (Å²) in [5, 5.41) is 5.54. The van der Waals surface area contributed by atoms with Crippen molar-refractivity contribution in [1.82, 2.24) is 19.9 Å². The van der Waals surface area contributed by atoms with Crippen LogP contribution in [0, 0.1) is 6.92 Å². The molecule has 10 aromatic rings. The van der Waals surface area contributed by atoms with Crippen molar-refractivity contribution in [1.29, 1.82) is 0 Å².